The molecule has 0 saturated carbocycles. The Labute approximate surface area is 150 Å². The van der Waals surface area contributed by atoms with Gasteiger partial charge in [-0.2, -0.15) is 61.5 Å². The Hall–Kier alpha value is -1.84. The van der Waals surface area contributed by atoms with E-state index >= 15 is 0 Å². The summed E-state index contributed by atoms with van der Waals surface area (Å²) in [6, 6.07) is 0. The molecule has 17 heteroatoms. The number of halogens is 15. The van der Waals surface area contributed by atoms with Crippen molar-refractivity contribution in [2.75, 3.05) is 6.67 Å². The first-order chi connectivity index (χ1) is 12.4. The SMILES string of the molecule is CC(=CC(F)(F)C(F)(F)C(F)(F)C(F)(F)C(F)(F)C(F)(F)C(F)(F)CF)C(=O)O. The number of carbonyl (C=O) groups is 1. The Morgan fingerprint density at radius 2 is 1.00 bits per heavy atom. The highest BCUT2D eigenvalue weighted by Gasteiger charge is 2.92. The molecule has 0 saturated heterocycles. The van der Waals surface area contributed by atoms with Gasteiger partial charge in [0.05, 0.1) is 0 Å². The maximum absolute atomic E-state index is 13.3. The topological polar surface area (TPSA) is 37.3 Å². The van der Waals surface area contributed by atoms with Gasteiger partial charge in [-0.05, 0) is 6.92 Å². The highest BCUT2D eigenvalue weighted by atomic mass is 19.4. The summed E-state index contributed by atoms with van der Waals surface area (Å²) in [5.41, 5.74) is -1.89. The summed E-state index contributed by atoms with van der Waals surface area (Å²) >= 11 is 0. The molecule has 0 aromatic carbocycles. The lowest BCUT2D eigenvalue weighted by Crippen LogP contribution is -2.73. The highest BCUT2D eigenvalue weighted by molar-refractivity contribution is 5.86. The second-order valence-electron chi connectivity index (χ2n) is 5.47. The molecule has 0 atom stereocenters. The third kappa shape index (κ3) is 3.71. The quantitative estimate of drug-likeness (QED) is 0.362. The molecule has 0 spiro atoms. The summed E-state index contributed by atoms with van der Waals surface area (Å²) in [6.45, 7) is -3.79. The lowest BCUT2D eigenvalue weighted by Gasteiger charge is -2.42. The molecule has 0 amide bonds. The van der Waals surface area contributed by atoms with Crippen LogP contribution < -0.4 is 0 Å². The molecule has 0 aliphatic heterocycles. The molecule has 2 nitrogen and oxygen atoms in total. The largest absolute Gasteiger partial charge is 0.478 e. The standard InChI is InChI=1S/C12H7F15O2/c1-4(5(28)29)2-6(14,15)8(18,19)10(22,23)12(26,27)11(24,25)9(20,21)7(16,17)3-13/h2H,3H2,1H3,(H,28,29). The molecule has 172 valence electrons. The van der Waals surface area contributed by atoms with E-state index < -0.39 is 65.8 Å². The first kappa shape index (κ1) is 27.2. The number of allylic oxidation sites excluding steroid dienone is 1. The molecule has 0 aliphatic rings. The van der Waals surface area contributed by atoms with Crippen molar-refractivity contribution in [2.45, 2.75) is 48.4 Å². The number of carboxylic acid groups (broad SMARTS) is 1. The molecule has 1 N–H and O–H groups in total. The smallest absolute Gasteiger partial charge is 0.385 e. The first-order valence-corrected chi connectivity index (χ1v) is 6.52. The number of hydrogen-bond donors (Lipinski definition) is 1. The number of carboxylic acids is 1. The van der Waals surface area contributed by atoms with Crippen LogP contribution in [0.4, 0.5) is 65.9 Å². The van der Waals surface area contributed by atoms with Gasteiger partial charge < -0.3 is 5.11 Å². The Morgan fingerprint density at radius 3 is 1.31 bits per heavy atom. The molecule has 0 radical (unpaired) electrons. The minimum absolute atomic E-state index is 0.0488. The molecule has 0 bridgehead atoms. The average Bonchev–Trinajstić information content (AvgIpc) is 2.52. The molecule has 0 unspecified atom stereocenters. The van der Waals surface area contributed by atoms with Crippen LogP contribution >= 0.6 is 0 Å². The van der Waals surface area contributed by atoms with Gasteiger partial charge in [-0.15, -0.1) is 0 Å². The van der Waals surface area contributed by atoms with Crippen molar-refractivity contribution in [1.82, 2.24) is 0 Å². The molecule has 0 rings (SSSR count). The van der Waals surface area contributed by atoms with E-state index in [0.29, 0.717) is 0 Å². The molecular weight excluding hydrogens is 461 g/mol. The minimum atomic E-state index is -8.32. The van der Waals surface area contributed by atoms with Gasteiger partial charge >= 0.3 is 47.4 Å². The predicted octanol–water partition coefficient (Wildman–Crippen LogP) is 5.43. The fourth-order valence-corrected chi connectivity index (χ4v) is 1.54. The van der Waals surface area contributed by atoms with E-state index in [1.165, 1.54) is 0 Å². The van der Waals surface area contributed by atoms with Gasteiger partial charge in [-0.25, -0.2) is 9.18 Å². The molecule has 29 heavy (non-hydrogen) atoms. The van der Waals surface area contributed by atoms with Crippen LogP contribution in [0.25, 0.3) is 0 Å². The third-order valence-corrected chi connectivity index (χ3v) is 3.36. The van der Waals surface area contributed by atoms with E-state index in [0.717, 1.165) is 0 Å². The Kier molecular flexibility index (Phi) is 6.69. The van der Waals surface area contributed by atoms with Crippen LogP contribution in [0.15, 0.2) is 11.6 Å². The fraction of sp³-hybridized carbons (Fsp3) is 0.750. The highest BCUT2D eigenvalue weighted by Crippen LogP contribution is 2.62. The van der Waals surface area contributed by atoms with Gasteiger partial charge in [0, 0.05) is 11.6 Å². The molecule has 0 aliphatic carbocycles. The Bertz CT molecular complexity index is 664. The maximum Gasteiger partial charge on any atom is 0.385 e. The van der Waals surface area contributed by atoms with Gasteiger partial charge in [-0.1, -0.05) is 0 Å². The Morgan fingerprint density at radius 1 is 0.690 bits per heavy atom. The van der Waals surface area contributed by atoms with E-state index in [2.05, 4.69) is 0 Å². The van der Waals surface area contributed by atoms with Gasteiger partial charge in [0.25, 0.3) is 0 Å². The van der Waals surface area contributed by atoms with Crippen LogP contribution in [-0.4, -0.2) is 59.2 Å². The van der Waals surface area contributed by atoms with Crippen molar-refractivity contribution >= 4 is 5.97 Å². The zero-order valence-electron chi connectivity index (χ0n) is 13.3. The molecule has 0 fully saturated rings. The summed E-state index contributed by atoms with van der Waals surface area (Å²) < 4.78 is 196. The van der Waals surface area contributed by atoms with Crippen molar-refractivity contribution in [3.05, 3.63) is 11.6 Å². The third-order valence-electron chi connectivity index (χ3n) is 3.36. The summed E-state index contributed by atoms with van der Waals surface area (Å²) in [5, 5.41) is 8.21. The molecular formula is C12H7F15O2. The van der Waals surface area contributed by atoms with E-state index in [4.69, 9.17) is 5.11 Å². The number of hydrogen-bond acceptors (Lipinski definition) is 1. The van der Waals surface area contributed by atoms with Crippen molar-refractivity contribution in [3.63, 3.8) is 0 Å². The van der Waals surface area contributed by atoms with Crippen molar-refractivity contribution in [2.24, 2.45) is 0 Å². The van der Waals surface area contributed by atoms with Gasteiger partial charge in [-0.3, -0.25) is 0 Å². The second kappa shape index (κ2) is 7.14. The monoisotopic (exact) mass is 468 g/mol. The Balaban J connectivity index is 6.67. The van der Waals surface area contributed by atoms with Gasteiger partial charge in [0.1, 0.15) is 0 Å². The minimum Gasteiger partial charge on any atom is -0.478 e. The molecule has 0 aromatic heterocycles. The summed E-state index contributed by atoms with van der Waals surface area (Å²) in [7, 11) is 0. The summed E-state index contributed by atoms with van der Waals surface area (Å²) in [6.07, 6.45) is -1.58. The molecule has 0 aromatic rings. The first-order valence-electron chi connectivity index (χ1n) is 6.52. The number of rotatable bonds is 9. The van der Waals surface area contributed by atoms with Crippen LogP contribution in [-0.2, 0) is 4.79 Å². The fourth-order valence-electron chi connectivity index (χ4n) is 1.54. The van der Waals surface area contributed by atoms with Crippen LogP contribution in [0.1, 0.15) is 6.92 Å². The maximum atomic E-state index is 13.3. The lowest BCUT2D eigenvalue weighted by atomic mass is 9.89. The summed E-state index contributed by atoms with van der Waals surface area (Å²) in [5.74, 6) is -56.1. The predicted molar refractivity (Wildman–Crippen MR) is 62.0 cm³/mol. The van der Waals surface area contributed by atoms with Crippen molar-refractivity contribution in [1.29, 1.82) is 0 Å². The van der Waals surface area contributed by atoms with Crippen LogP contribution in [0.5, 0.6) is 0 Å². The van der Waals surface area contributed by atoms with Crippen molar-refractivity contribution < 1.29 is 75.8 Å². The van der Waals surface area contributed by atoms with E-state index in [1.807, 2.05) is 0 Å². The molecule has 0 heterocycles. The van der Waals surface area contributed by atoms with Gasteiger partial charge in [0.15, 0.2) is 6.67 Å². The van der Waals surface area contributed by atoms with Crippen LogP contribution in [0.3, 0.4) is 0 Å². The van der Waals surface area contributed by atoms with E-state index in [1.54, 1.807) is 0 Å². The second-order valence-corrected chi connectivity index (χ2v) is 5.47. The summed E-state index contributed by atoms with van der Waals surface area (Å²) in [4.78, 5) is 10.3. The van der Waals surface area contributed by atoms with Crippen molar-refractivity contribution in [3.8, 4) is 0 Å². The normalized spacial score (nSPS) is 16.2. The van der Waals surface area contributed by atoms with Gasteiger partial charge in [0.2, 0.25) is 0 Å². The number of alkyl halides is 15. The lowest BCUT2D eigenvalue weighted by molar-refractivity contribution is -0.438. The van der Waals surface area contributed by atoms with Crippen LogP contribution in [0.2, 0.25) is 0 Å². The zero-order chi connectivity index (χ0) is 24.1. The number of aliphatic carboxylic acids is 1. The van der Waals surface area contributed by atoms with E-state index in [-0.39, 0.29) is 6.92 Å². The average molecular weight is 468 g/mol. The van der Waals surface area contributed by atoms with E-state index in [9.17, 15) is 70.7 Å². The zero-order valence-corrected chi connectivity index (χ0v) is 13.3. The van der Waals surface area contributed by atoms with Crippen LogP contribution in [0, 0.1) is 0 Å².